The summed E-state index contributed by atoms with van der Waals surface area (Å²) in [5.74, 6) is -0.538. The second-order valence-corrected chi connectivity index (χ2v) is 17.0. The number of aromatic nitrogens is 2. The van der Waals surface area contributed by atoms with Gasteiger partial charge in [0, 0.05) is 31.7 Å². The number of nitriles is 1. The molecule has 6 rings (SSSR count). The van der Waals surface area contributed by atoms with Gasteiger partial charge in [-0.2, -0.15) is 23.5 Å². The van der Waals surface area contributed by atoms with Crippen molar-refractivity contribution in [3.8, 4) is 6.07 Å². The molecule has 2 saturated heterocycles. The number of carboxylic acid groups (broad SMARTS) is 1. The average molecular weight is 750 g/mol. The number of aliphatic carboxylic acids is 1. The number of hydrogen-bond acceptors (Lipinski definition) is 8. The van der Waals surface area contributed by atoms with E-state index < -0.39 is 43.7 Å². The standard InChI is InChI=1S/C24H28F3N3O5S.C14H26N2/c25-24(26,27)18-6-1-2-7-21(18)36(33,34)17-12-20(23(31)32)29(14-17)22-13-19(15-8-10-35-11-9-15)28-30(22)16-4-3-5-16;1-2-3-4-5-6-7-8-9-12-16-14(13-15)10-11-14/h1-2,6-7,13,15-17,20H,3-5,8-12,14H2,(H,31,32);16H,2-12H2,1H3/t17-,20+;/m1./s1. The third kappa shape index (κ3) is 9.88. The number of halogens is 3. The van der Waals surface area contributed by atoms with Crippen LogP contribution in [0.5, 0.6) is 0 Å². The van der Waals surface area contributed by atoms with E-state index in [1.807, 2.05) is 10.7 Å². The first kappa shape index (κ1) is 40.0. The van der Waals surface area contributed by atoms with Crippen LogP contribution in [0.4, 0.5) is 19.0 Å². The zero-order valence-corrected chi connectivity index (χ0v) is 31.1. The summed E-state index contributed by atoms with van der Waals surface area (Å²) in [5, 5.41) is 25.7. The van der Waals surface area contributed by atoms with Crippen LogP contribution in [-0.2, 0) is 25.5 Å². The lowest BCUT2D eigenvalue weighted by Crippen LogP contribution is -2.38. The number of alkyl halides is 3. The Morgan fingerprint density at radius 1 is 1.06 bits per heavy atom. The van der Waals surface area contributed by atoms with Gasteiger partial charge in [0.25, 0.3) is 0 Å². The highest BCUT2D eigenvalue weighted by Crippen LogP contribution is 2.42. The van der Waals surface area contributed by atoms with Gasteiger partial charge < -0.3 is 14.7 Å². The lowest BCUT2D eigenvalue weighted by Gasteiger charge is -2.31. The molecule has 2 aliphatic carbocycles. The number of nitrogens with zero attached hydrogens (tertiary/aromatic N) is 4. The Labute approximate surface area is 306 Å². The summed E-state index contributed by atoms with van der Waals surface area (Å²) in [6, 6.07) is 7.16. The SMILES string of the molecule is CCCCCCCCCCNC1(C#N)CC1.O=C(O)[C@@H]1C[C@@H](S(=O)(=O)c2ccccc2C(F)(F)F)CN1c1cc(C2CCOCC2)nn1C1CCC1. The minimum atomic E-state index is -4.85. The number of rotatable bonds is 16. The Morgan fingerprint density at radius 2 is 1.71 bits per heavy atom. The van der Waals surface area contributed by atoms with Crippen LogP contribution in [0.15, 0.2) is 35.2 Å². The minimum absolute atomic E-state index is 0.0876. The van der Waals surface area contributed by atoms with E-state index in [1.165, 1.54) is 62.3 Å². The Kier molecular flexibility index (Phi) is 13.7. The smallest absolute Gasteiger partial charge is 0.417 e. The van der Waals surface area contributed by atoms with Crippen molar-refractivity contribution in [2.24, 2.45) is 0 Å². The van der Waals surface area contributed by atoms with E-state index in [9.17, 15) is 31.5 Å². The molecular formula is C38H54F3N5O5S. The molecule has 4 fully saturated rings. The highest BCUT2D eigenvalue weighted by Gasteiger charge is 2.48. The van der Waals surface area contributed by atoms with Crippen LogP contribution >= 0.6 is 0 Å². The first-order valence-electron chi connectivity index (χ1n) is 19.1. The molecule has 0 bridgehead atoms. The predicted molar refractivity (Wildman–Crippen MR) is 192 cm³/mol. The zero-order valence-electron chi connectivity index (χ0n) is 30.2. The number of unbranched alkanes of at least 4 members (excludes halogenated alkanes) is 7. The van der Waals surface area contributed by atoms with Gasteiger partial charge in [0.1, 0.15) is 17.4 Å². The molecule has 2 N–H and O–H groups in total. The summed E-state index contributed by atoms with van der Waals surface area (Å²) in [6.45, 7) is 4.28. The highest BCUT2D eigenvalue weighted by atomic mass is 32.2. The number of benzene rings is 1. The Balaban J connectivity index is 0.000000275. The molecule has 14 heteroatoms. The van der Waals surface area contributed by atoms with Crippen molar-refractivity contribution in [2.75, 3.05) is 31.2 Å². The summed E-state index contributed by atoms with van der Waals surface area (Å²) in [7, 11) is -4.47. The summed E-state index contributed by atoms with van der Waals surface area (Å²) in [6.07, 6.45) is 12.2. The number of sulfone groups is 1. The van der Waals surface area contributed by atoms with Crippen molar-refractivity contribution in [2.45, 2.75) is 150 Å². The van der Waals surface area contributed by atoms with Crippen LogP contribution in [0.1, 0.15) is 133 Å². The van der Waals surface area contributed by atoms with Gasteiger partial charge in [-0.05, 0) is 76.5 Å². The molecule has 1 aromatic carbocycles. The molecule has 3 heterocycles. The van der Waals surface area contributed by atoms with Gasteiger partial charge in [0.2, 0.25) is 0 Å². The molecule has 0 spiro atoms. The molecule has 52 heavy (non-hydrogen) atoms. The molecular weight excluding hydrogens is 696 g/mol. The third-order valence-corrected chi connectivity index (χ3v) is 13.2. The van der Waals surface area contributed by atoms with Gasteiger partial charge in [0.05, 0.1) is 33.5 Å². The fraction of sp³-hybridized carbons (Fsp3) is 0.711. The van der Waals surface area contributed by atoms with E-state index in [-0.39, 0.29) is 30.5 Å². The van der Waals surface area contributed by atoms with Crippen molar-refractivity contribution in [3.63, 3.8) is 0 Å². The highest BCUT2D eigenvalue weighted by molar-refractivity contribution is 7.92. The summed E-state index contributed by atoms with van der Waals surface area (Å²) in [4.78, 5) is 12.9. The Morgan fingerprint density at radius 3 is 2.29 bits per heavy atom. The second-order valence-electron chi connectivity index (χ2n) is 14.8. The number of ether oxygens (including phenoxy) is 1. The van der Waals surface area contributed by atoms with Gasteiger partial charge in [-0.25, -0.2) is 17.9 Å². The van der Waals surface area contributed by atoms with E-state index in [2.05, 4.69) is 18.3 Å². The van der Waals surface area contributed by atoms with Crippen molar-refractivity contribution in [1.82, 2.24) is 15.1 Å². The van der Waals surface area contributed by atoms with Crippen molar-refractivity contribution < 1.29 is 36.2 Å². The topological polar surface area (TPSA) is 138 Å². The molecule has 0 radical (unpaired) electrons. The normalized spacial score (nSPS) is 21.9. The van der Waals surface area contributed by atoms with Gasteiger partial charge in [-0.1, -0.05) is 64.0 Å². The van der Waals surface area contributed by atoms with Crippen molar-refractivity contribution in [3.05, 3.63) is 41.6 Å². The molecule has 0 unspecified atom stereocenters. The van der Waals surface area contributed by atoms with Crippen LogP contribution in [0.3, 0.4) is 0 Å². The van der Waals surface area contributed by atoms with Crippen LogP contribution in [0.25, 0.3) is 0 Å². The minimum Gasteiger partial charge on any atom is -0.480 e. The molecule has 4 aliphatic rings. The summed E-state index contributed by atoms with van der Waals surface area (Å²) in [5.41, 5.74) is -0.532. The maximum atomic E-state index is 13.6. The molecule has 2 aromatic rings. The van der Waals surface area contributed by atoms with Crippen LogP contribution in [0.2, 0.25) is 0 Å². The average Bonchev–Trinajstić information content (AvgIpc) is 3.52. The monoisotopic (exact) mass is 749 g/mol. The summed E-state index contributed by atoms with van der Waals surface area (Å²) < 4.78 is 74.9. The van der Waals surface area contributed by atoms with E-state index in [4.69, 9.17) is 15.1 Å². The molecule has 288 valence electrons. The molecule has 1 aromatic heterocycles. The number of nitrogens with one attached hydrogen (secondary N) is 1. The lowest BCUT2D eigenvalue weighted by molar-refractivity contribution is -0.140. The molecule has 2 atom stereocenters. The van der Waals surface area contributed by atoms with Crippen LogP contribution < -0.4 is 10.2 Å². The number of hydrogen-bond donors (Lipinski definition) is 2. The second kappa shape index (κ2) is 17.8. The Bertz CT molecular complexity index is 1630. The maximum absolute atomic E-state index is 13.6. The lowest BCUT2D eigenvalue weighted by atomic mass is 9.93. The Hall–Kier alpha value is -3.15. The quantitative estimate of drug-likeness (QED) is 0.165. The van der Waals surface area contributed by atoms with Crippen molar-refractivity contribution >= 4 is 21.6 Å². The van der Waals surface area contributed by atoms with Crippen molar-refractivity contribution in [1.29, 1.82) is 5.26 Å². The number of carbonyl (C=O) groups is 1. The summed E-state index contributed by atoms with van der Waals surface area (Å²) >= 11 is 0. The van der Waals surface area contributed by atoms with Crippen LogP contribution in [0, 0.1) is 11.3 Å². The molecule has 0 amide bonds. The largest absolute Gasteiger partial charge is 0.480 e. The maximum Gasteiger partial charge on any atom is 0.417 e. The third-order valence-electron chi connectivity index (χ3n) is 11.0. The molecule has 2 saturated carbocycles. The van der Waals surface area contributed by atoms with Crippen LogP contribution in [-0.4, -0.2) is 72.4 Å². The predicted octanol–water partition coefficient (Wildman–Crippen LogP) is 7.80. The fourth-order valence-corrected chi connectivity index (χ4v) is 9.30. The van der Waals surface area contributed by atoms with Gasteiger partial charge in [0.15, 0.2) is 9.84 Å². The molecule has 10 nitrogen and oxygen atoms in total. The van der Waals surface area contributed by atoms with Gasteiger partial charge >= 0.3 is 12.1 Å². The molecule has 2 aliphatic heterocycles. The number of anilines is 1. The zero-order chi connectivity index (χ0) is 37.4. The first-order valence-corrected chi connectivity index (χ1v) is 20.7. The van der Waals surface area contributed by atoms with E-state index in [0.717, 1.165) is 75.4 Å². The van der Waals surface area contributed by atoms with Gasteiger partial charge in [-0.3, -0.25) is 5.32 Å². The number of carboxylic acids is 1. The van der Waals surface area contributed by atoms with E-state index >= 15 is 0 Å². The van der Waals surface area contributed by atoms with E-state index in [1.54, 1.807) is 0 Å². The van der Waals surface area contributed by atoms with E-state index in [0.29, 0.717) is 19.0 Å². The fourth-order valence-electron chi connectivity index (χ4n) is 7.39. The van der Waals surface area contributed by atoms with Gasteiger partial charge in [-0.15, -0.1) is 0 Å². The first-order chi connectivity index (χ1) is 24.9.